The van der Waals surface area contributed by atoms with E-state index in [-0.39, 0.29) is 0 Å². The minimum Gasteiger partial charge on any atom is -0.390 e. The first-order chi connectivity index (χ1) is 10.1. The largest absolute Gasteiger partial charge is 0.390 e. The lowest BCUT2D eigenvalue weighted by molar-refractivity contribution is 0.106. The number of hydrogen-bond acceptors (Lipinski definition) is 3. The summed E-state index contributed by atoms with van der Waals surface area (Å²) in [6.45, 7) is 6.32. The highest BCUT2D eigenvalue weighted by Crippen LogP contribution is 2.12. The maximum absolute atomic E-state index is 10.3. The minimum absolute atomic E-state index is 0.370. The summed E-state index contributed by atoms with van der Waals surface area (Å²) < 4.78 is 2.05. The lowest BCUT2D eigenvalue weighted by Gasteiger charge is -2.22. The fraction of sp³-hybridized carbons (Fsp3) is 0.471. The molecule has 0 amide bonds. The molecule has 2 aromatic rings. The third-order valence-electron chi connectivity index (χ3n) is 3.49. The molecule has 0 aliphatic carbocycles. The molecule has 1 aromatic carbocycles. The van der Waals surface area contributed by atoms with Crippen molar-refractivity contribution in [1.29, 1.82) is 0 Å². The molecule has 4 nitrogen and oxygen atoms in total. The van der Waals surface area contributed by atoms with E-state index in [1.807, 2.05) is 36.0 Å². The lowest BCUT2D eigenvalue weighted by Crippen LogP contribution is -2.32. The average Bonchev–Trinajstić information content (AvgIpc) is 2.87. The zero-order chi connectivity index (χ0) is 15.2. The maximum Gasteiger partial charge on any atom is 0.111 e. The van der Waals surface area contributed by atoms with Crippen LogP contribution in [0.2, 0.25) is 0 Å². The van der Waals surface area contributed by atoms with Gasteiger partial charge in [-0.05, 0) is 12.6 Å². The van der Waals surface area contributed by atoms with E-state index in [0.29, 0.717) is 19.0 Å². The molecule has 0 saturated heterocycles. The molecular formula is C17H25N3O. The second-order valence-corrected chi connectivity index (χ2v) is 5.93. The van der Waals surface area contributed by atoms with Gasteiger partial charge in [0, 0.05) is 31.4 Å². The number of nitrogens with zero attached hydrogens (tertiary/aromatic N) is 3. The number of aromatic nitrogens is 2. The van der Waals surface area contributed by atoms with Crippen LogP contribution in [0.3, 0.4) is 0 Å². The van der Waals surface area contributed by atoms with Crippen LogP contribution in [0.25, 0.3) is 0 Å². The number of aliphatic hydroxyl groups excluding tert-OH is 1. The van der Waals surface area contributed by atoms with E-state index in [1.165, 1.54) is 5.56 Å². The summed E-state index contributed by atoms with van der Waals surface area (Å²) in [5, 5.41) is 10.3. The van der Waals surface area contributed by atoms with Crippen molar-refractivity contribution >= 4 is 0 Å². The molecule has 4 heteroatoms. The van der Waals surface area contributed by atoms with E-state index in [2.05, 4.69) is 35.9 Å². The van der Waals surface area contributed by atoms with Gasteiger partial charge in [0.15, 0.2) is 0 Å². The molecule has 0 aliphatic rings. The van der Waals surface area contributed by atoms with Crippen LogP contribution in [0.15, 0.2) is 42.7 Å². The zero-order valence-corrected chi connectivity index (χ0v) is 13.1. The van der Waals surface area contributed by atoms with Crippen LogP contribution in [0.1, 0.15) is 31.2 Å². The van der Waals surface area contributed by atoms with Gasteiger partial charge < -0.3 is 9.67 Å². The Morgan fingerprint density at radius 3 is 2.62 bits per heavy atom. The number of imidazole rings is 1. The van der Waals surface area contributed by atoms with Gasteiger partial charge in [-0.1, -0.05) is 44.2 Å². The second-order valence-electron chi connectivity index (χ2n) is 5.93. The average molecular weight is 287 g/mol. The Balaban J connectivity index is 1.86. The Labute approximate surface area is 127 Å². The van der Waals surface area contributed by atoms with E-state index < -0.39 is 6.10 Å². The van der Waals surface area contributed by atoms with Crippen LogP contribution in [-0.2, 0) is 13.1 Å². The molecule has 0 aliphatic heterocycles. The molecule has 0 bridgehead atoms. The van der Waals surface area contributed by atoms with Crippen LogP contribution in [0.4, 0.5) is 0 Å². The van der Waals surface area contributed by atoms with Gasteiger partial charge in [-0.3, -0.25) is 4.90 Å². The first kappa shape index (κ1) is 15.7. The summed E-state index contributed by atoms with van der Waals surface area (Å²) >= 11 is 0. The Hall–Kier alpha value is -1.65. The molecule has 0 fully saturated rings. The van der Waals surface area contributed by atoms with E-state index in [1.54, 1.807) is 6.20 Å². The lowest BCUT2D eigenvalue weighted by atomic mass is 10.2. The predicted molar refractivity (Wildman–Crippen MR) is 85.1 cm³/mol. The monoisotopic (exact) mass is 287 g/mol. The van der Waals surface area contributed by atoms with Crippen molar-refractivity contribution in [3.63, 3.8) is 0 Å². The zero-order valence-electron chi connectivity index (χ0n) is 13.1. The number of benzene rings is 1. The highest BCUT2D eigenvalue weighted by Gasteiger charge is 2.13. The van der Waals surface area contributed by atoms with E-state index in [4.69, 9.17) is 0 Å². The highest BCUT2D eigenvalue weighted by atomic mass is 16.3. The van der Waals surface area contributed by atoms with Crippen molar-refractivity contribution < 1.29 is 5.11 Å². The Bertz CT molecular complexity index is 536. The fourth-order valence-corrected chi connectivity index (χ4v) is 2.58. The first-order valence-corrected chi connectivity index (χ1v) is 7.48. The molecule has 0 radical (unpaired) electrons. The molecule has 1 atom stereocenters. The number of rotatable bonds is 7. The van der Waals surface area contributed by atoms with E-state index in [0.717, 1.165) is 12.4 Å². The van der Waals surface area contributed by atoms with Crippen molar-refractivity contribution in [3.8, 4) is 0 Å². The molecule has 0 saturated carbocycles. The van der Waals surface area contributed by atoms with Crippen molar-refractivity contribution in [2.75, 3.05) is 13.6 Å². The Morgan fingerprint density at radius 1 is 1.24 bits per heavy atom. The molecule has 21 heavy (non-hydrogen) atoms. The van der Waals surface area contributed by atoms with Crippen molar-refractivity contribution in [2.24, 2.45) is 0 Å². The minimum atomic E-state index is -0.398. The third-order valence-corrected chi connectivity index (χ3v) is 3.49. The van der Waals surface area contributed by atoms with Gasteiger partial charge in [0.05, 0.1) is 12.6 Å². The van der Waals surface area contributed by atoms with Gasteiger partial charge in [-0.2, -0.15) is 0 Å². The topological polar surface area (TPSA) is 41.3 Å². The van der Waals surface area contributed by atoms with Crippen LogP contribution in [-0.4, -0.2) is 39.3 Å². The van der Waals surface area contributed by atoms with Crippen LogP contribution >= 0.6 is 0 Å². The molecule has 1 unspecified atom stereocenters. The van der Waals surface area contributed by atoms with Gasteiger partial charge in [0.1, 0.15) is 5.82 Å². The number of likely N-dealkylation sites (N-methyl/N-ethyl adjacent to an activating group) is 1. The summed E-state index contributed by atoms with van der Waals surface area (Å²) in [4.78, 5) is 6.50. The number of aliphatic hydroxyl groups is 1. The summed E-state index contributed by atoms with van der Waals surface area (Å²) in [5.74, 6) is 1.40. The SMILES string of the molecule is CC(C)c1nccn1CC(O)CN(C)Cc1ccccc1. The van der Waals surface area contributed by atoms with Gasteiger partial charge in [-0.25, -0.2) is 4.98 Å². The summed E-state index contributed by atoms with van der Waals surface area (Å²) in [5.41, 5.74) is 1.26. The number of hydrogen-bond donors (Lipinski definition) is 1. The molecule has 0 spiro atoms. The van der Waals surface area contributed by atoms with Gasteiger partial charge in [0.2, 0.25) is 0 Å². The van der Waals surface area contributed by atoms with Crippen LogP contribution in [0.5, 0.6) is 0 Å². The van der Waals surface area contributed by atoms with Crippen molar-refractivity contribution in [1.82, 2.24) is 14.5 Å². The Kier molecular flexibility index (Phi) is 5.53. The quantitative estimate of drug-likeness (QED) is 0.850. The summed E-state index contributed by atoms with van der Waals surface area (Å²) in [6, 6.07) is 10.3. The molecule has 1 heterocycles. The van der Waals surface area contributed by atoms with E-state index in [9.17, 15) is 5.11 Å². The smallest absolute Gasteiger partial charge is 0.111 e. The molecule has 1 aromatic heterocycles. The summed E-state index contributed by atoms with van der Waals surface area (Å²) in [7, 11) is 2.04. The highest BCUT2D eigenvalue weighted by molar-refractivity contribution is 5.14. The van der Waals surface area contributed by atoms with Gasteiger partial charge in [-0.15, -0.1) is 0 Å². The summed E-state index contributed by atoms with van der Waals surface area (Å²) in [6.07, 6.45) is 3.34. The van der Waals surface area contributed by atoms with Crippen LogP contribution in [0, 0.1) is 0 Å². The third kappa shape index (κ3) is 4.69. The predicted octanol–water partition coefficient (Wildman–Crippen LogP) is 2.50. The normalized spacial score (nSPS) is 13.0. The maximum atomic E-state index is 10.3. The van der Waals surface area contributed by atoms with Gasteiger partial charge >= 0.3 is 0 Å². The van der Waals surface area contributed by atoms with Crippen molar-refractivity contribution in [3.05, 3.63) is 54.1 Å². The second kappa shape index (κ2) is 7.38. The fourth-order valence-electron chi connectivity index (χ4n) is 2.58. The molecule has 2 rings (SSSR count). The van der Waals surface area contributed by atoms with E-state index >= 15 is 0 Å². The molecular weight excluding hydrogens is 262 g/mol. The first-order valence-electron chi connectivity index (χ1n) is 7.48. The Morgan fingerprint density at radius 2 is 1.95 bits per heavy atom. The molecule has 114 valence electrons. The van der Waals surface area contributed by atoms with Crippen LogP contribution < -0.4 is 0 Å². The van der Waals surface area contributed by atoms with Gasteiger partial charge in [0.25, 0.3) is 0 Å². The standard InChI is InChI=1S/C17H25N3O/c1-14(2)17-18-9-10-20(17)13-16(21)12-19(3)11-15-7-5-4-6-8-15/h4-10,14,16,21H,11-13H2,1-3H3. The molecule has 1 N–H and O–H groups in total. The van der Waals surface area contributed by atoms with Crippen molar-refractivity contribution in [2.45, 2.75) is 39.0 Å².